The van der Waals surface area contributed by atoms with Crippen LogP contribution in [0.4, 0.5) is 0 Å². The Labute approximate surface area is 186 Å². The third-order valence-corrected chi connectivity index (χ3v) is 5.00. The Hall–Kier alpha value is -1.26. The molecular weight excluding hydrogens is 471 g/mol. The summed E-state index contributed by atoms with van der Waals surface area (Å²) in [7, 11) is 11.4. The molecule has 1 fully saturated rings. The molecule has 1 N–H and O–H groups in total. The molecule has 1 aliphatic heterocycles. The van der Waals surface area contributed by atoms with E-state index in [0.29, 0.717) is 5.92 Å². The zero-order chi connectivity index (χ0) is 19.8. The minimum atomic E-state index is 0. The van der Waals surface area contributed by atoms with Gasteiger partial charge in [0.2, 0.25) is 0 Å². The molecule has 0 aromatic heterocycles. The molecule has 1 aromatic rings. The molecule has 1 aromatic carbocycles. The van der Waals surface area contributed by atoms with Crippen molar-refractivity contribution in [3.05, 3.63) is 23.8 Å². The van der Waals surface area contributed by atoms with Crippen LogP contribution < -0.4 is 14.8 Å². The Kier molecular flexibility index (Phi) is 10.9. The molecule has 1 heterocycles. The average Bonchev–Trinajstić information content (AvgIpc) is 3.17. The first-order chi connectivity index (χ1) is 13.0. The molecule has 0 amide bonds. The number of guanidine groups is 1. The number of nitrogens with zero attached hydrogens (tertiary/aromatic N) is 3. The van der Waals surface area contributed by atoms with Gasteiger partial charge in [-0.2, -0.15) is 0 Å². The van der Waals surface area contributed by atoms with Crippen molar-refractivity contribution < 1.29 is 14.2 Å². The standard InChI is InChI=1S/C20H34N4O3.HI/c1-21-20(24(4)13-15-9-10-27-14-15)22-12-17(23(2)3)16-7-8-18(25-5)19(11-16)26-6;/h7-8,11,15,17H,9-10,12-14H2,1-6H3,(H,21,22);1H. The Balaban J connectivity index is 0.00000392. The SMILES string of the molecule is CN=C(NCC(c1ccc(OC)c(OC)c1)N(C)C)N(C)CC1CCOC1.I. The summed E-state index contributed by atoms with van der Waals surface area (Å²) in [5.41, 5.74) is 1.16. The molecule has 0 aliphatic carbocycles. The zero-order valence-electron chi connectivity index (χ0n) is 17.9. The Morgan fingerprint density at radius 3 is 2.50 bits per heavy atom. The molecule has 7 nitrogen and oxygen atoms in total. The lowest BCUT2D eigenvalue weighted by molar-refractivity contribution is 0.181. The largest absolute Gasteiger partial charge is 0.493 e. The van der Waals surface area contributed by atoms with Crippen LogP contribution in [0.25, 0.3) is 0 Å². The van der Waals surface area contributed by atoms with Gasteiger partial charge in [0.15, 0.2) is 17.5 Å². The summed E-state index contributed by atoms with van der Waals surface area (Å²) in [6, 6.07) is 6.24. The average molecular weight is 506 g/mol. The monoisotopic (exact) mass is 506 g/mol. The van der Waals surface area contributed by atoms with Crippen molar-refractivity contribution in [3.8, 4) is 11.5 Å². The summed E-state index contributed by atoms with van der Waals surface area (Å²) < 4.78 is 16.3. The molecule has 160 valence electrons. The van der Waals surface area contributed by atoms with E-state index >= 15 is 0 Å². The van der Waals surface area contributed by atoms with E-state index in [4.69, 9.17) is 14.2 Å². The van der Waals surface area contributed by atoms with E-state index in [1.165, 1.54) is 0 Å². The summed E-state index contributed by atoms with van der Waals surface area (Å²) in [4.78, 5) is 8.81. The highest BCUT2D eigenvalue weighted by atomic mass is 127. The van der Waals surface area contributed by atoms with E-state index in [2.05, 4.69) is 47.3 Å². The highest BCUT2D eigenvalue weighted by Gasteiger charge is 2.21. The molecule has 0 bridgehead atoms. The first-order valence-electron chi connectivity index (χ1n) is 9.38. The lowest BCUT2D eigenvalue weighted by atomic mass is 10.1. The van der Waals surface area contributed by atoms with Crippen LogP contribution in [0.15, 0.2) is 23.2 Å². The fourth-order valence-electron chi connectivity index (χ4n) is 3.43. The number of benzene rings is 1. The predicted molar refractivity (Wildman–Crippen MR) is 124 cm³/mol. The lowest BCUT2D eigenvalue weighted by Crippen LogP contribution is -2.44. The van der Waals surface area contributed by atoms with Crippen LogP contribution in [0, 0.1) is 5.92 Å². The first-order valence-corrected chi connectivity index (χ1v) is 9.38. The van der Waals surface area contributed by atoms with Gasteiger partial charge in [0.25, 0.3) is 0 Å². The van der Waals surface area contributed by atoms with Gasteiger partial charge in [-0.15, -0.1) is 24.0 Å². The molecule has 0 saturated carbocycles. The predicted octanol–water partition coefficient (Wildman–Crippen LogP) is 2.47. The minimum Gasteiger partial charge on any atom is -0.493 e. The van der Waals surface area contributed by atoms with Gasteiger partial charge >= 0.3 is 0 Å². The van der Waals surface area contributed by atoms with Gasteiger partial charge in [-0.25, -0.2) is 0 Å². The van der Waals surface area contributed by atoms with E-state index in [0.717, 1.165) is 55.7 Å². The molecule has 2 unspecified atom stereocenters. The van der Waals surface area contributed by atoms with Crippen molar-refractivity contribution >= 4 is 29.9 Å². The number of methoxy groups -OCH3 is 2. The van der Waals surface area contributed by atoms with Gasteiger partial charge in [-0.3, -0.25) is 4.99 Å². The molecular formula is C20H35IN4O3. The maximum absolute atomic E-state index is 5.48. The normalized spacial score (nSPS) is 17.8. The summed E-state index contributed by atoms with van der Waals surface area (Å²) in [6.45, 7) is 3.39. The van der Waals surface area contributed by atoms with Crippen LogP contribution in [0.2, 0.25) is 0 Å². The molecule has 8 heteroatoms. The Morgan fingerprint density at radius 1 is 1.25 bits per heavy atom. The second kappa shape index (κ2) is 12.3. The Morgan fingerprint density at radius 2 is 1.96 bits per heavy atom. The second-order valence-electron chi connectivity index (χ2n) is 7.13. The molecule has 2 atom stereocenters. The third-order valence-electron chi connectivity index (χ3n) is 5.00. The number of hydrogen-bond donors (Lipinski definition) is 1. The number of hydrogen-bond acceptors (Lipinski definition) is 5. The third kappa shape index (κ3) is 6.66. The molecule has 1 aliphatic rings. The minimum absolute atomic E-state index is 0. The van der Waals surface area contributed by atoms with Crippen molar-refractivity contribution in [2.75, 3.05) is 68.7 Å². The number of ether oxygens (including phenoxy) is 3. The van der Waals surface area contributed by atoms with Crippen molar-refractivity contribution in [3.63, 3.8) is 0 Å². The maximum Gasteiger partial charge on any atom is 0.193 e. The number of likely N-dealkylation sites (N-methyl/N-ethyl adjacent to an activating group) is 1. The summed E-state index contributed by atoms with van der Waals surface area (Å²) in [5.74, 6) is 2.95. The highest BCUT2D eigenvalue weighted by Crippen LogP contribution is 2.31. The van der Waals surface area contributed by atoms with Crippen LogP contribution in [-0.2, 0) is 4.74 Å². The van der Waals surface area contributed by atoms with Gasteiger partial charge in [0.05, 0.1) is 26.9 Å². The number of rotatable bonds is 8. The lowest BCUT2D eigenvalue weighted by Gasteiger charge is -2.29. The first kappa shape index (κ1) is 24.8. The topological polar surface area (TPSA) is 58.6 Å². The summed E-state index contributed by atoms with van der Waals surface area (Å²) >= 11 is 0. The van der Waals surface area contributed by atoms with Gasteiger partial charge in [-0.1, -0.05) is 6.07 Å². The number of aliphatic imine (C=N–C) groups is 1. The zero-order valence-corrected chi connectivity index (χ0v) is 20.2. The van der Waals surface area contributed by atoms with Crippen LogP contribution in [0.3, 0.4) is 0 Å². The molecule has 2 rings (SSSR count). The van der Waals surface area contributed by atoms with Crippen LogP contribution in [-0.4, -0.2) is 84.5 Å². The smallest absolute Gasteiger partial charge is 0.193 e. The van der Waals surface area contributed by atoms with E-state index in [9.17, 15) is 0 Å². The van der Waals surface area contributed by atoms with Crippen molar-refractivity contribution in [2.45, 2.75) is 12.5 Å². The quantitative estimate of drug-likeness (QED) is 0.332. The van der Waals surface area contributed by atoms with E-state index < -0.39 is 0 Å². The maximum atomic E-state index is 5.48. The van der Waals surface area contributed by atoms with Gasteiger partial charge in [0, 0.05) is 39.7 Å². The van der Waals surface area contributed by atoms with Gasteiger partial charge in [-0.05, 0) is 38.2 Å². The highest BCUT2D eigenvalue weighted by molar-refractivity contribution is 14.0. The fourth-order valence-corrected chi connectivity index (χ4v) is 3.43. The fraction of sp³-hybridized carbons (Fsp3) is 0.650. The van der Waals surface area contributed by atoms with Crippen LogP contribution >= 0.6 is 24.0 Å². The Bertz CT molecular complexity index is 621. The molecule has 1 saturated heterocycles. The van der Waals surface area contributed by atoms with E-state index in [-0.39, 0.29) is 30.0 Å². The van der Waals surface area contributed by atoms with Crippen LogP contribution in [0.5, 0.6) is 11.5 Å². The summed E-state index contributed by atoms with van der Waals surface area (Å²) in [6.07, 6.45) is 1.12. The molecule has 28 heavy (non-hydrogen) atoms. The van der Waals surface area contributed by atoms with Crippen molar-refractivity contribution in [2.24, 2.45) is 10.9 Å². The van der Waals surface area contributed by atoms with Crippen molar-refractivity contribution in [1.29, 1.82) is 0 Å². The van der Waals surface area contributed by atoms with Crippen molar-refractivity contribution in [1.82, 2.24) is 15.1 Å². The van der Waals surface area contributed by atoms with Gasteiger partial charge in [0.1, 0.15) is 0 Å². The van der Waals surface area contributed by atoms with Gasteiger partial charge < -0.3 is 29.3 Å². The number of halogens is 1. The van der Waals surface area contributed by atoms with E-state index in [1.807, 2.05) is 19.2 Å². The second-order valence-corrected chi connectivity index (χ2v) is 7.13. The molecule has 0 radical (unpaired) electrons. The summed E-state index contributed by atoms with van der Waals surface area (Å²) in [5, 5.41) is 3.51. The van der Waals surface area contributed by atoms with Crippen LogP contribution in [0.1, 0.15) is 18.0 Å². The molecule has 0 spiro atoms. The van der Waals surface area contributed by atoms with E-state index in [1.54, 1.807) is 14.2 Å². The number of nitrogens with one attached hydrogen (secondary N) is 1.